The lowest BCUT2D eigenvalue weighted by Crippen LogP contribution is -2.27. The molecule has 0 saturated heterocycles. The molecule has 40 heavy (non-hydrogen) atoms. The smallest absolute Gasteiger partial charge is 0.368 e. The monoisotopic (exact) mass is 574 g/mol. The molecule has 1 atom stereocenters. The van der Waals surface area contributed by atoms with Crippen molar-refractivity contribution < 1.29 is 28.2 Å². The molecule has 2 heterocycles. The lowest BCUT2D eigenvalue weighted by Gasteiger charge is -2.21. The number of aryl methyl sites for hydroxylation is 1. The Morgan fingerprint density at radius 1 is 1.07 bits per heavy atom. The van der Waals surface area contributed by atoms with Crippen LogP contribution in [0.15, 0.2) is 54.9 Å². The number of fused-ring (bicyclic) bond motifs is 1. The summed E-state index contributed by atoms with van der Waals surface area (Å²) in [6, 6.07) is 10.4. The molecule has 0 radical (unpaired) electrons. The molecule has 7 nitrogen and oxygen atoms in total. The number of benzene rings is 2. The number of alkyl halides is 3. The van der Waals surface area contributed by atoms with Crippen LogP contribution in [0.5, 0.6) is 0 Å². The first-order valence-electron chi connectivity index (χ1n) is 12.8. The fourth-order valence-corrected chi connectivity index (χ4v) is 4.89. The summed E-state index contributed by atoms with van der Waals surface area (Å²) < 4.78 is 41.3. The Balaban J connectivity index is 1.67. The van der Waals surface area contributed by atoms with Gasteiger partial charge in [-0.25, -0.2) is 0 Å². The van der Waals surface area contributed by atoms with Gasteiger partial charge in [0.05, 0.1) is 23.3 Å². The van der Waals surface area contributed by atoms with Crippen LogP contribution in [0.2, 0.25) is 5.02 Å². The molecule has 4 rings (SSSR count). The zero-order chi connectivity index (χ0) is 29.2. The first-order valence-corrected chi connectivity index (χ1v) is 13.2. The zero-order valence-electron chi connectivity index (χ0n) is 22.2. The number of halogens is 4. The lowest BCUT2D eigenvalue weighted by molar-refractivity contribution is -0.137. The molecule has 2 aromatic carbocycles. The molecule has 1 amide bonds. The Bertz CT molecular complexity index is 1500. The van der Waals surface area contributed by atoms with E-state index in [4.69, 9.17) is 21.8 Å². The van der Waals surface area contributed by atoms with E-state index in [1.54, 1.807) is 18.5 Å². The van der Waals surface area contributed by atoms with Gasteiger partial charge in [0, 0.05) is 35.1 Å². The molecule has 3 N–H and O–H groups in total. The Hall–Kier alpha value is -3.47. The predicted octanol–water partition coefficient (Wildman–Crippen LogP) is 6.15. The van der Waals surface area contributed by atoms with Crippen LogP contribution in [0.4, 0.5) is 13.2 Å². The summed E-state index contributed by atoms with van der Waals surface area (Å²) >= 11 is 6.28. The molecule has 212 valence electrons. The summed E-state index contributed by atoms with van der Waals surface area (Å²) in [5.41, 5.74) is 3.17. The topological polar surface area (TPSA) is 100 Å². The number of carbonyl (C=O) groups is 1. The van der Waals surface area contributed by atoms with E-state index in [0.717, 1.165) is 46.1 Å². The van der Waals surface area contributed by atoms with E-state index in [1.165, 1.54) is 6.07 Å². The lowest BCUT2D eigenvalue weighted by atomic mass is 9.96. The Labute approximate surface area is 234 Å². The molecule has 0 aliphatic carbocycles. The molecule has 0 aliphatic heterocycles. The normalized spacial score (nSPS) is 12.9. The fraction of sp³-hybridized carbons (Fsp3) is 0.345. The van der Waals surface area contributed by atoms with Crippen LogP contribution >= 0.6 is 11.6 Å². The van der Waals surface area contributed by atoms with Gasteiger partial charge in [-0.15, -0.1) is 0 Å². The van der Waals surface area contributed by atoms with Gasteiger partial charge in [-0.3, -0.25) is 14.5 Å². The van der Waals surface area contributed by atoms with E-state index in [0.29, 0.717) is 11.5 Å². The Morgan fingerprint density at radius 2 is 1.82 bits per heavy atom. The second-order valence-electron chi connectivity index (χ2n) is 10.2. The van der Waals surface area contributed by atoms with Gasteiger partial charge in [-0.05, 0) is 66.3 Å². The average Bonchev–Trinajstić information content (AvgIpc) is 3.28. The van der Waals surface area contributed by atoms with Gasteiger partial charge in [0.1, 0.15) is 5.69 Å². The quantitative estimate of drug-likeness (QED) is 0.208. The minimum atomic E-state index is -4.48. The largest absolute Gasteiger partial charge is 0.416 e. The third kappa shape index (κ3) is 6.63. The summed E-state index contributed by atoms with van der Waals surface area (Å²) in [5.74, 6) is -0.106. The highest BCUT2D eigenvalue weighted by atomic mass is 35.5. The summed E-state index contributed by atoms with van der Waals surface area (Å²) in [5, 5.41) is 26.0. The van der Waals surface area contributed by atoms with Crippen LogP contribution in [-0.2, 0) is 6.18 Å². The van der Waals surface area contributed by atoms with Crippen molar-refractivity contribution in [1.29, 1.82) is 0 Å². The van der Waals surface area contributed by atoms with E-state index in [2.05, 4.69) is 29.2 Å². The maximum Gasteiger partial charge on any atom is 0.416 e. The van der Waals surface area contributed by atoms with Crippen LogP contribution < -0.4 is 5.32 Å². The number of aromatic nitrogens is 3. The van der Waals surface area contributed by atoms with E-state index < -0.39 is 23.9 Å². The van der Waals surface area contributed by atoms with Gasteiger partial charge < -0.3 is 15.5 Å². The van der Waals surface area contributed by atoms with Crippen LogP contribution in [0.25, 0.3) is 22.0 Å². The predicted molar refractivity (Wildman–Crippen MR) is 147 cm³/mol. The number of hydrogen-bond acceptors (Lipinski definition) is 5. The van der Waals surface area contributed by atoms with Crippen LogP contribution in [0, 0.1) is 12.8 Å². The van der Waals surface area contributed by atoms with Gasteiger partial charge in [-0.2, -0.15) is 18.3 Å². The number of rotatable bonds is 9. The number of nitrogens with zero attached hydrogens (tertiary/aromatic N) is 3. The van der Waals surface area contributed by atoms with Crippen molar-refractivity contribution in [3.63, 3.8) is 0 Å². The Kier molecular flexibility index (Phi) is 8.82. The fourth-order valence-electron chi connectivity index (χ4n) is 4.61. The molecular formula is C29H30ClF3N4O3. The van der Waals surface area contributed by atoms with Gasteiger partial charge >= 0.3 is 6.18 Å². The third-order valence-corrected chi connectivity index (χ3v) is 6.92. The molecule has 0 saturated carbocycles. The number of hydrogen-bond donors (Lipinski definition) is 3. The minimum Gasteiger partial charge on any atom is -0.368 e. The van der Waals surface area contributed by atoms with Crippen molar-refractivity contribution in [2.75, 3.05) is 6.54 Å². The summed E-state index contributed by atoms with van der Waals surface area (Å²) in [7, 11) is 0. The Morgan fingerprint density at radius 3 is 2.42 bits per heavy atom. The van der Waals surface area contributed by atoms with Crippen molar-refractivity contribution >= 4 is 28.4 Å². The van der Waals surface area contributed by atoms with Crippen molar-refractivity contribution in [3.05, 3.63) is 82.3 Å². The molecule has 4 aromatic rings. The molecule has 0 bridgehead atoms. The number of aliphatic hydroxyl groups excluding tert-OH is 1. The number of nitrogens with one attached hydrogen (secondary N) is 1. The van der Waals surface area contributed by atoms with Crippen LogP contribution in [-0.4, -0.2) is 43.7 Å². The highest BCUT2D eigenvalue weighted by molar-refractivity contribution is 6.33. The van der Waals surface area contributed by atoms with Crippen molar-refractivity contribution in [3.8, 4) is 11.1 Å². The second kappa shape index (κ2) is 12.0. The number of pyridine rings is 1. The summed E-state index contributed by atoms with van der Waals surface area (Å²) in [6.45, 7) is 6.18. The van der Waals surface area contributed by atoms with E-state index in [9.17, 15) is 18.0 Å². The van der Waals surface area contributed by atoms with Crippen LogP contribution in [0.3, 0.4) is 0 Å². The standard InChI is InChI=1S/C29H30ClF3N4O3/c1-16(2)10-25(18-4-7-24(35-14-18)28(40)34-9-8-27(38)39)37-26-11-17(3)22(12-19(26)15-36-37)21-6-5-20(13-23(21)30)29(31,32)33/h4-7,11-16,25,27,38-39H,8-10H2,1-3H3,(H,34,40). The first-order chi connectivity index (χ1) is 18.8. The second-order valence-corrected chi connectivity index (χ2v) is 10.6. The van der Waals surface area contributed by atoms with Crippen molar-refractivity contribution in [1.82, 2.24) is 20.1 Å². The highest BCUT2D eigenvalue weighted by Crippen LogP contribution is 2.38. The molecule has 0 spiro atoms. The van der Waals surface area contributed by atoms with E-state index in [1.807, 2.05) is 29.8 Å². The van der Waals surface area contributed by atoms with Gasteiger partial charge in [0.25, 0.3) is 5.91 Å². The summed E-state index contributed by atoms with van der Waals surface area (Å²) in [6.07, 6.45) is -1.87. The van der Waals surface area contributed by atoms with Gasteiger partial charge in [-0.1, -0.05) is 37.6 Å². The molecule has 0 aliphatic rings. The zero-order valence-corrected chi connectivity index (χ0v) is 23.0. The number of aliphatic hydroxyl groups is 2. The molecule has 2 aromatic heterocycles. The maximum absolute atomic E-state index is 13.1. The van der Waals surface area contributed by atoms with E-state index in [-0.39, 0.29) is 29.7 Å². The maximum atomic E-state index is 13.1. The number of amides is 1. The summed E-state index contributed by atoms with van der Waals surface area (Å²) in [4.78, 5) is 16.7. The highest BCUT2D eigenvalue weighted by Gasteiger charge is 2.31. The average molecular weight is 575 g/mol. The van der Waals surface area contributed by atoms with Crippen molar-refractivity contribution in [2.24, 2.45) is 5.92 Å². The SMILES string of the molecule is Cc1cc2c(cnn2C(CC(C)C)c2ccc(C(=O)NCCC(O)O)nc2)cc1-c1ccc(C(F)(F)F)cc1Cl. The molecule has 1 unspecified atom stereocenters. The van der Waals surface area contributed by atoms with Crippen LogP contribution in [0.1, 0.15) is 59.9 Å². The molecule has 11 heteroatoms. The first kappa shape index (κ1) is 29.5. The van der Waals surface area contributed by atoms with Crippen molar-refractivity contribution in [2.45, 2.75) is 52.1 Å². The molecular weight excluding hydrogens is 545 g/mol. The third-order valence-electron chi connectivity index (χ3n) is 6.61. The number of carbonyl (C=O) groups excluding carboxylic acids is 1. The van der Waals surface area contributed by atoms with Gasteiger partial charge in [0.15, 0.2) is 6.29 Å². The van der Waals surface area contributed by atoms with E-state index >= 15 is 0 Å². The van der Waals surface area contributed by atoms with Gasteiger partial charge in [0.2, 0.25) is 0 Å². The minimum absolute atomic E-state index is 0.0128. The molecule has 0 fully saturated rings.